The Morgan fingerprint density at radius 2 is 1.65 bits per heavy atom. The zero-order chi connectivity index (χ0) is 13.9. The van der Waals surface area contributed by atoms with Gasteiger partial charge in [0.15, 0.2) is 0 Å². The lowest BCUT2D eigenvalue weighted by molar-refractivity contribution is 0.00751. The van der Waals surface area contributed by atoms with Crippen LogP contribution < -0.4 is 5.32 Å². The molecule has 4 fully saturated rings. The summed E-state index contributed by atoms with van der Waals surface area (Å²) >= 11 is 3.26. The molecule has 0 unspecified atom stereocenters. The monoisotopic (exact) mass is 337 g/mol. The van der Waals surface area contributed by atoms with Crippen LogP contribution >= 0.6 is 15.9 Å². The van der Waals surface area contributed by atoms with Gasteiger partial charge in [0.2, 0.25) is 0 Å². The van der Waals surface area contributed by atoms with Crippen molar-refractivity contribution in [2.75, 3.05) is 5.32 Å². The number of rotatable bonds is 2. The molecule has 0 aromatic heterocycles. The molecule has 0 atom stereocenters. The maximum absolute atomic E-state index is 13.8. The van der Waals surface area contributed by atoms with Crippen molar-refractivity contribution in [2.45, 2.75) is 45.1 Å². The van der Waals surface area contributed by atoms with E-state index in [9.17, 15) is 4.39 Å². The molecule has 0 aliphatic heterocycles. The molecule has 1 aromatic rings. The van der Waals surface area contributed by atoms with E-state index in [-0.39, 0.29) is 5.82 Å². The minimum atomic E-state index is -0.165. The quantitative estimate of drug-likeness (QED) is 0.788. The summed E-state index contributed by atoms with van der Waals surface area (Å²) in [4.78, 5) is 0. The second-order valence-corrected chi connectivity index (χ2v) is 8.04. The number of aryl methyl sites for hydroxylation is 1. The van der Waals surface area contributed by atoms with Crippen LogP contribution in [0.5, 0.6) is 0 Å². The summed E-state index contributed by atoms with van der Waals surface area (Å²) in [6, 6.07) is 4.11. The second kappa shape index (κ2) is 4.72. The topological polar surface area (TPSA) is 12.0 Å². The molecule has 5 rings (SSSR count). The molecule has 0 saturated heterocycles. The predicted octanol–water partition coefficient (Wildman–Crippen LogP) is 5.13. The minimum Gasteiger partial charge on any atom is -0.381 e. The van der Waals surface area contributed by atoms with Crippen LogP contribution in [0.25, 0.3) is 0 Å². The van der Waals surface area contributed by atoms with Crippen molar-refractivity contribution in [1.29, 1.82) is 0 Å². The molecule has 4 aliphatic rings. The fourth-order valence-electron chi connectivity index (χ4n) is 5.14. The van der Waals surface area contributed by atoms with E-state index in [4.69, 9.17) is 0 Å². The zero-order valence-electron chi connectivity index (χ0n) is 11.8. The number of hydrogen-bond acceptors (Lipinski definition) is 1. The van der Waals surface area contributed by atoms with Gasteiger partial charge in [0.25, 0.3) is 0 Å². The maximum atomic E-state index is 13.8. The number of benzene rings is 1. The molecule has 0 spiro atoms. The standard InChI is InChI=1S/C17H21BrFN/c1-9-2-14(18)15(19)8-16(9)20-17-12-4-10-3-11(6-12)7-13(17)5-10/h2,8,10-13,17,20H,3-7H2,1H3. The summed E-state index contributed by atoms with van der Waals surface area (Å²) in [6.45, 7) is 2.06. The van der Waals surface area contributed by atoms with Gasteiger partial charge in [-0.05, 0) is 96.3 Å². The van der Waals surface area contributed by atoms with E-state index in [1.54, 1.807) is 6.07 Å². The normalized spacial score (nSPS) is 38.2. The number of halogens is 2. The lowest BCUT2D eigenvalue weighted by Crippen LogP contribution is -2.51. The third kappa shape index (κ3) is 2.09. The molecule has 0 radical (unpaired) electrons. The number of anilines is 1. The average Bonchev–Trinajstić information content (AvgIpc) is 2.38. The third-order valence-electron chi connectivity index (χ3n) is 5.82. The highest BCUT2D eigenvalue weighted by atomic mass is 79.9. The van der Waals surface area contributed by atoms with Gasteiger partial charge >= 0.3 is 0 Å². The van der Waals surface area contributed by atoms with Crippen LogP contribution in [-0.4, -0.2) is 6.04 Å². The first kappa shape index (κ1) is 13.1. The summed E-state index contributed by atoms with van der Waals surface area (Å²) < 4.78 is 14.3. The summed E-state index contributed by atoms with van der Waals surface area (Å²) in [5, 5.41) is 3.70. The Morgan fingerprint density at radius 1 is 1.05 bits per heavy atom. The Morgan fingerprint density at radius 3 is 2.25 bits per heavy atom. The molecule has 20 heavy (non-hydrogen) atoms. The first-order chi connectivity index (χ1) is 9.60. The van der Waals surface area contributed by atoms with Crippen LogP contribution in [0.4, 0.5) is 10.1 Å². The Kier molecular flexibility index (Phi) is 3.10. The van der Waals surface area contributed by atoms with Gasteiger partial charge in [-0.15, -0.1) is 0 Å². The van der Waals surface area contributed by atoms with Gasteiger partial charge < -0.3 is 5.32 Å². The second-order valence-electron chi connectivity index (χ2n) is 7.18. The van der Waals surface area contributed by atoms with Crippen molar-refractivity contribution in [3.05, 3.63) is 28.0 Å². The Balaban J connectivity index is 1.59. The van der Waals surface area contributed by atoms with Crippen LogP contribution in [0.2, 0.25) is 0 Å². The van der Waals surface area contributed by atoms with E-state index in [1.165, 1.54) is 32.1 Å². The molecule has 4 bridgehead atoms. The van der Waals surface area contributed by atoms with Crippen molar-refractivity contribution in [3.8, 4) is 0 Å². The molecular formula is C17H21BrFN. The van der Waals surface area contributed by atoms with Gasteiger partial charge in [-0.1, -0.05) is 0 Å². The molecule has 1 N–H and O–H groups in total. The molecular weight excluding hydrogens is 317 g/mol. The van der Waals surface area contributed by atoms with Crippen LogP contribution in [0.1, 0.15) is 37.7 Å². The summed E-state index contributed by atoms with van der Waals surface area (Å²) in [5.41, 5.74) is 2.12. The van der Waals surface area contributed by atoms with E-state index in [0.717, 1.165) is 34.9 Å². The van der Waals surface area contributed by atoms with E-state index in [2.05, 4.69) is 28.2 Å². The smallest absolute Gasteiger partial charge is 0.139 e. The molecule has 3 heteroatoms. The van der Waals surface area contributed by atoms with Gasteiger partial charge in [-0.25, -0.2) is 4.39 Å². The predicted molar refractivity (Wildman–Crippen MR) is 83.3 cm³/mol. The molecule has 108 valence electrons. The van der Waals surface area contributed by atoms with E-state index in [1.807, 2.05) is 6.07 Å². The summed E-state index contributed by atoms with van der Waals surface area (Å²) in [6.07, 6.45) is 7.04. The Hall–Kier alpha value is -0.570. The first-order valence-electron chi connectivity index (χ1n) is 7.82. The summed E-state index contributed by atoms with van der Waals surface area (Å²) in [5.74, 6) is 3.44. The molecule has 4 saturated carbocycles. The molecule has 4 aliphatic carbocycles. The lowest BCUT2D eigenvalue weighted by atomic mass is 9.54. The van der Waals surface area contributed by atoms with Crippen LogP contribution in [0.15, 0.2) is 16.6 Å². The number of hydrogen-bond donors (Lipinski definition) is 1. The highest BCUT2D eigenvalue weighted by Gasteiger charge is 2.48. The van der Waals surface area contributed by atoms with Gasteiger partial charge in [0, 0.05) is 11.7 Å². The molecule has 0 heterocycles. The van der Waals surface area contributed by atoms with Crippen LogP contribution in [0, 0.1) is 36.4 Å². The van der Waals surface area contributed by atoms with Gasteiger partial charge in [0.05, 0.1) is 4.47 Å². The minimum absolute atomic E-state index is 0.165. The first-order valence-corrected chi connectivity index (χ1v) is 8.61. The molecule has 1 aromatic carbocycles. The largest absolute Gasteiger partial charge is 0.381 e. The Bertz CT molecular complexity index is 514. The summed E-state index contributed by atoms with van der Waals surface area (Å²) in [7, 11) is 0. The fraction of sp³-hybridized carbons (Fsp3) is 0.647. The fourth-order valence-corrected chi connectivity index (χ4v) is 5.60. The van der Waals surface area contributed by atoms with E-state index in [0.29, 0.717) is 10.5 Å². The van der Waals surface area contributed by atoms with E-state index < -0.39 is 0 Å². The van der Waals surface area contributed by atoms with Crippen molar-refractivity contribution in [1.82, 2.24) is 0 Å². The van der Waals surface area contributed by atoms with Crippen molar-refractivity contribution < 1.29 is 4.39 Å². The van der Waals surface area contributed by atoms with Crippen molar-refractivity contribution >= 4 is 21.6 Å². The SMILES string of the molecule is Cc1cc(Br)c(F)cc1NC1C2CC3CC(C2)CC1C3. The van der Waals surface area contributed by atoms with Gasteiger partial charge in [-0.3, -0.25) is 0 Å². The maximum Gasteiger partial charge on any atom is 0.139 e. The van der Waals surface area contributed by atoms with Crippen LogP contribution in [-0.2, 0) is 0 Å². The van der Waals surface area contributed by atoms with Gasteiger partial charge in [-0.2, -0.15) is 0 Å². The number of nitrogens with one attached hydrogen (secondary N) is 1. The zero-order valence-corrected chi connectivity index (χ0v) is 13.4. The highest BCUT2D eigenvalue weighted by molar-refractivity contribution is 9.10. The average molecular weight is 338 g/mol. The third-order valence-corrected chi connectivity index (χ3v) is 6.42. The molecule has 0 amide bonds. The highest BCUT2D eigenvalue weighted by Crippen LogP contribution is 2.54. The van der Waals surface area contributed by atoms with Crippen molar-refractivity contribution in [2.24, 2.45) is 23.7 Å². The van der Waals surface area contributed by atoms with Gasteiger partial charge in [0.1, 0.15) is 5.82 Å². The van der Waals surface area contributed by atoms with E-state index >= 15 is 0 Å². The van der Waals surface area contributed by atoms with Crippen LogP contribution in [0.3, 0.4) is 0 Å². The lowest BCUT2D eigenvalue weighted by Gasteiger charge is -2.54. The Labute approximate surface area is 128 Å². The van der Waals surface area contributed by atoms with Crippen molar-refractivity contribution in [3.63, 3.8) is 0 Å². The molecule has 1 nitrogen and oxygen atoms in total.